The highest BCUT2D eigenvalue weighted by atomic mass is 32.2. The minimum atomic E-state index is 0.143. The zero-order chi connectivity index (χ0) is 28.6. The van der Waals surface area contributed by atoms with Gasteiger partial charge in [0.1, 0.15) is 17.6 Å². The maximum Gasteiger partial charge on any atom is 0.227 e. The Balaban J connectivity index is 1.27. The number of aromatic hydroxyl groups is 1. The van der Waals surface area contributed by atoms with Crippen LogP contribution in [0.15, 0.2) is 65.0 Å². The third kappa shape index (κ3) is 7.18. The van der Waals surface area contributed by atoms with Crippen LogP contribution in [0.4, 0.5) is 11.6 Å². The summed E-state index contributed by atoms with van der Waals surface area (Å²) in [6.07, 6.45) is 6.72. The van der Waals surface area contributed by atoms with Crippen LogP contribution in [0.2, 0.25) is 0 Å². The summed E-state index contributed by atoms with van der Waals surface area (Å²) in [4.78, 5) is 12.5. The number of piperidine rings is 1. The van der Waals surface area contributed by atoms with Gasteiger partial charge >= 0.3 is 0 Å². The Bertz CT molecular complexity index is 1510. The number of thiophene rings is 1. The third-order valence-corrected chi connectivity index (χ3v) is 9.47. The van der Waals surface area contributed by atoms with Crippen molar-refractivity contribution in [2.75, 3.05) is 44.4 Å². The normalized spacial score (nSPS) is 14.1. The molecule has 0 atom stereocenters. The fraction of sp³-hybridized carbons (Fsp3) is 0.323. The van der Waals surface area contributed by atoms with Crippen molar-refractivity contribution >= 4 is 34.7 Å². The monoisotopic (exact) mass is 587 g/mol. The number of anilines is 2. The molecular formula is C31H33N5O3S2. The molecule has 8 nitrogen and oxygen atoms in total. The number of nitrogens with one attached hydrogen (secondary N) is 1. The van der Waals surface area contributed by atoms with Gasteiger partial charge in [0.2, 0.25) is 5.95 Å². The van der Waals surface area contributed by atoms with Crippen molar-refractivity contribution in [2.45, 2.75) is 23.5 Å². The second-order valence-corrected chi connectivity index (χ2v) is 12.0. The third-order valence-electron chi connectivity index (χ3n) is 7.14. The standard InChI is InChI=1S/C31H33N5O3S2/c1-40-30-26(19-32)28(22-5-2-7-24(38)17-22)29(41-30)27-9-12-33-31(35-27)34-23-6-3-8-25(18-23)39-16-4-13-36-14-10-21(20-37)11-15-36/h2-3,5-9,12,17-18,21,37-38H,4,10-11,13-16,20H2,1H3,(H,33,34,35). The minimum absolute atomic E-state index is 0.143. The highest BCUT2D eigenvalue weighted by molar-refractivity contribution is 8.00. The van der Waals surface area contributed by atoms with Gasteiger partial charge in [0.25, 0.3) is 0 Å². The van der Waals surface area contributed by atoms with Crippen LogP contribution in [0.5, 0.6) is 11.5 Å². The van der Waals surface area contributed by atoms with Gasteiger partial charge in [-0.25, -0.2) is 9.97 Å². The Kier molecular flexibility index (Phi) is 9.75. The maximum absolute atomic E-state index is 10.1. The number of aliphatic hydroxyl groups is 1. The summed E-state index contributed by atoms with van der Waals surface area (Å²) in [6, 6.07) is 18.9. The van der Waals surface area contributed by atoms with Gasteiger partial charge in [-0.1, -0.05) is 18.2 Å². The van der Waals surface area contributed by atoms with Gasteiger partial charge in [-0.2, -0.15) is 5.26 Å². The Labute approximate surface area is 248 Å². The second-order valence-electron chi connectivity index (χ2n) is 9.92. The average molecular weight is 588 g/mol. The van der Waals surface area contributed by atoms with E-state index >= 15 is 0 Å². The smallest absolute Gasteiger partial charge is 0.227 e. The van der Waals surface area contributed by atoms with Crippen LogP contribution in [0.3, 0.4) is 0 Å². The van der Waals surface area contributed by atoms with E-state index in [-0.39, 0.29) is 5.75 Å². The zero-order valence-corrected chi connectivity index (χ0v) is 24.5. The van der Waals surface area contributed by atoms with Gasteiger partial charge in [-0.05, 0) is 80.4 Å². The number of benzene rings is 2. The molecule has 41 heavy (non-hydrogen) atoms. The topological polar surface area (TPSA) is 115 Å². The predicted octanol–water partition coefficient (Wildman–Crippen LogP) is 6.39. The van der Waals surface area contributed by atoms with E-state index in [0.29, 0.717) is 36.3 Å². The van der Waals surface area contributed by atoms with E-state index in [2.05, 4.69) is 21.3 Å². The molecule has 1 fully saturated rings. The molecule has 0 aliphatic carbocycles. The summed E-state index contributed by atoms with van der Waals surface area (Å²) in [5.74, 6) is 1.81. The van der Waals surface area contributed by atoms with E-state index in [1.807, 2.05) is 42.7 Å². The fourth-order valence-electron chi connectivity index (χ4n) is 4.98. The van der Waals surface area contributed by atoms with Crippen molar-refractivity contribution < 1.29 is 14.9 Å². The van der Waals surface area contributed by atoms with Crippen LogP contribution in [0.1, 0.15) is 24.8 Å². The van der Waals surface area contributed by atoms with Crippen molar-refractivity contribution in [2.24, 2.45) is 5.92 Å². The summed E-state index contributed by atoms with van der Waals surface area (Å²) >= 11 is 3.03. The number of nitrogens with zero attached hydrogens (tertiary/aromatic N) is 4. The van der Waals surface area contributed by atoms with Crippen molar-refractivity contribution in [1.29, 1.82) is 5.26 Å². The first-order valence-corrected chi connectivity index (χ1v) is 15.7. The molecule has 4 aromatic rings. The minimum Gasteiger partial charge on any atom is -0.508 e. The van der Waals surface area contributed by atoms with E-state index in [1.54, 1.807) is 24.4 Å². The lowest BCUT2D eigenvalue weighted by atomic mass is 9.98. The number of phenols is 1. The largest absolute Gasteiger partial charge is 0.508 e. The fourth-order valence-corrected chi connectivity index (χ4v) is 6.89. The number of rotatable bonds is 11. The molecule has 0 unspecified atom stereocenters. The van der Waals surface area contributed by atoms with Crippen molar-refractivity contribution in [3.8, 4) is 39.3 Å². The molecule has 3 N–H and O–H groups in total. The number of aliphatic hydroxyl groups excluding tert-OH is 1. The highest BCUT2D eigenvalue weighted by Gasteiger charge is 2.22. The van der Waals surface area contributed by atoms with Gasteiger partial charge < -0.3 is 25.2 Å². The number of thioether (sulfide) groups is 1. The molecule has 0 amide bonds. The van der Waals surface area contributed by atoms with E-state index in [0.717, 1.165) is 70.5 Å². The van der Waals surface area contributed by atoms with Gasteiger partial charge in [0.05, 0.1) is 27.0 Å². The molecule has 1 aliphatic heterocycles. The molecule has 3 heterocycles. The molecular weight excluding hydrogens is 555 g/mol. The summed E-state index contributed by atoms with van der Waals surface area (Å²) in [6.45, 7) is 4.01. The molecule has 2 aromatic carbocycles. The molecule has 0 spiro atoms. The zero-order valence-electron chi connectivity index (χ0n) is 22.9. The van der Waals surface area contributed by atoms with Gasteiger partial charge in [0.15, 0.2) is 0 Å². The molecule has 0 radical (unpaired) electrons. The van der Waals surface area contributed by atoms with E-state index in [9.17, 15) is 15.5 Å². The lowest BCUT2D eigenvalue weighted by Gasteiger charge is -2.30. The SMILES string of the molecule is CSc1sc(-c2ccnc(Nc3cccc(OCCCN4CCC(CO)CC4)c3)n2)c(-c2cccc(O)c2)c1C#N. The van der Waals surface area contributed by atoms with E-state index in [1.165, 1.54) is 23.1 Å². The molecule has 212 valence electrons. The van der Waals surface area contributed by atoms with Gasteiger partial charge in [0, 0.05) is 36.7 Å². The number of hydrogen-bond acceptors (Lipinski definition) is 10. The van der Waals surface area contributed by atoms with Gasteiger partial charge in [-0.15, -0.1) is 23.1 Å². The average Bonchev–Trinajstić information content (AvgIpc) is 3.39. The van der Waals surface area contributed by atoms with Crippen LogP contribution < -0.4 is 10.1 Å². The van der Waals surface area contributed by atoms with Crippen LogP contribution in [0, 0.1) is 17.2 Å². The molecule has 0 bridgehead atoms. The van der Waals surface area contributed by atoms with Crippen LogP contribution >= 0.6 is 23.1 Å². The number of aromatic nitrogens is 2. The summed E-state index contributed by atoms with van der Waals surface area (Å²) in [5, 5.41) is 32.7. The Morgan fingerprint density at radius 2 is 2.00 bits per heavy atom. The molecule has 0 saturated carbocycles. The molecule has 1 saturated heterocycles. The number of ether oxygens (including phenoxy) is 1. The van der Waals surface area contributed by atoms with Crippen molar-refractivity contribution in [3.05, 3.63) is 66.4 Å². The van der Waals surface area contributed by atoms with Crippen LogP contribution in [0.25, 0.3) is 21.7 Å². The lowest BCUT2D eigenvalue weighted by Crippen LogP contribution is -2.35. The van der Waals surface area contributed by atoms with Crippen LogP contribution in [-0.2, 0) is 0 Å². The molecule has 5 rings (SSSR count). The Hall–Kier alpha value is -3.62. The lowest BCUT2D eigenvalue weighted by molar-refractivity contribution is 0.126. The first-order valence-electron chi connectivity index (χ1n) is 13.6. The Morgan fingerprint density at radius 3 is 2.76 bits per heavy atom. The number of phenolic OH excluding ortho intramolecular Hbond substituents is 1. The van der Waals surface area contributed by atoms with Crippen molar-refractivity contribution in [3.63, 3.8) is 0 Å². The molecule has 1 aliphatic rings. The van der Waals surface area contributed by atoms with E-state index < -0.39 is 0 Å². The van der Waals surface area contributed by atoms with Crippen LogP contribution in [-0.4, -0.2) is 64.2 Å². The Morgan fingerprint density at radius 1 is 1.17 bits per heavy atom. The number of hydrogen-bond donors (Lipinski definition) is 3. The maximum atomic E-state index is 10.1. The molecule has 10 heteroatoms. The summed E-state index contributed by atoms with van der Waals surface area (Å²) in [5.41, 5.74) is 3.61. The number of likely N-dealkylation sites (tertiary alicyclic amines) is 1. The number of nitriles is 1. The first-order chi connectivity index (χ1) is 20.1. The van der Waals surface area contributed by atoms with Crippen molar-refractivity contribution in [1.82, 2.24) is 14.9 Å². The quantitative estimate of drug-likeness (QED) is 0.136. The highest BCUT2D eigenvalue weighted by Crippen LogP contribution is 2.46. The first kappa shape index (κ1) is 28.9. The molecule has 2 aromatic heterocycles. The van der Waals surface area contributed by atoms with E-state index in [4.69, 9.17) is 9.72 Å². The second kappa shape index (κ2) is 13.8. The summed E-state index contributed by atoms with van der Waals surface area (Å²) in [7, 11) is 0. The summed E-state index contributed by atoms with van der Waals surface area (Å²) < 4.78 is 6.92. The van der Waals surface area contributed by atoms with Gasteiger partial charge in [-0.3, -0.25) is 0 Å². The predicted molar refractivity (Wildman–Crippen MR) is 165 cm³/mol.